The van der Waals surface area contributed by atoms with Gasteiger partial charge in [-0.1, -0.05) is 41.4 Å². The van der Waals surface area contributed by atoms with Gasteiger partial charge in [-0.15, -0.1) is 0 Å². The van der Waals surface area contributed by atoms with Crippen molar-refractivity contribution in [2.75, 3.05) is 11.9 Å². The van der Waals surface area contributed by atoms with Gasteiger partial charge in [0.25, 0.3) is 0 Å². The number of ether oxygens (including phenoxy) is 1. The van der Waals surface area contributed by atoms with Gasteiger partial charge >= 0.3 is 0 Å². The molecule has 0 radical (unpaired) electrons. The van der Waals surface area contributed by atoms with Crippen molar-refractivity contribution in [1.29, 1.82) is 0 Å². The molecule has 1 amide bonds. The number of rotatable bonds is 6. The Morgan fingerprint density at radius 2 is 2.00 bits per heavy atom. The van der Waals surface area contributed by atoms with Crippen molar-refractivity contribution >= 4 is 45.7 Å². The zero-order chi connectivity index (χ0) is 19.5. The Balaban J connectivity index is 1.39. The summed E-state index contributed by atoms with van der Waals surface area (Å²) in [5.74, 6) is 0.556. The summed E-state index contributed by atoms with van der Waals surface area (Å²) < 4.78 is 5.66. The van der Waals surface area contributed by atoms with Crippen molar-refractivity contribution in [2.24, 2.45) is 0 Å². The molecule has 0 unspecified atom stereocenters. The van der Waals surface area contributed by atoms with Gasteiger partial charge in [-0.2, -0.15) is 0 Å². The van der Waals surface area contributed by atoms with E-state index in [0.717, 1.165) is 41.5 Å². The minimum Gasteiger partial charge on any atom is -0.492 e. The Labute approximate surface area is 173 Å². The van der Waals surface area contributed by atoms with Crippen LogP contribution in [0.4, 0.5) is 5.69 Å². The van der Waals surface area contributed by atoms with E-state index in [1.807, 2.05) is 24.3 Å². The summed E-state index contributed by atoms with van der Waals surface area (Å²) in [5, 5.41) is 5.16. The number of fused-ring (bicyclic) bond motifs is 2. The number of hydrogen-bond donors (Lipinski definition) is 1. The van der Waals surface area contributed by atoms with E-state index < -0.39 is 0 Å². The third kappa shape index (κ3) is 4.08. The number of benzene rings is 2. The number of nitrogens with zero attached hydrogens (tertiary/aromatic N) is 1. The van der Waals surface area contributed by atoms with E-state index in [1.165, 1.54) is 5.56 Å². The number of carbonyl (C=O) groups excluding carboxylic acids is 1. The van der Waals surface area contributed by atoms with Gasteiger partial charge in [0.05, 0.1) is 22.8 Å². The van der Waals surface area contributed by atoms with E-state index in [-0.39, 0.29) is 5.91 Å². The van der Waals surface area contributed by atoms with Crippen LogP contribution in [-0.2, 0) is 17.6 Å². The third-order valence-corrected chi connectivity index (χ3v) is 5.41. The van der Waals surface area contributed by atoms with Crippen LogP contribution in [-0.4, -0.2) is 17.5 Å². The summed E-state index contributed by atoms with van der Waals surface area (Å²) in [4.78, 5) is 17.3. The van der Waals surface area contributed by atoms with Crippen LogP contribution in [0.1, 0.15) is 30.5 Å². The Kier molecular flexibility index (Phi) is 5.69. The standard InChI is InChI=1S/C22H20Cl2N2O2/c23-14-10-11-20(17(24)13-14)28-12-4-9-21(27)26-22-15-5-1-2-7-18(15)25-19-8-3-6-16(19)22/h1-2,5,7,10-11,13H,3-4,6,8-9,12H2,(H,25,26,27). The first-order valence-corrected chi connectivity index (χ1v) is 10.2. The fourth-order valence-electron chi connectivity index (χ4n) is 3.56. The number of aryl methyl sites for hydroxylation is 1. The molecule has 6 heteroatoms. The minimum atomic E-state index is -0.0174. The number of aromatic nitrogens is 1. The van der Waals surface area contributed by atoms with Gasteiger partial charge in [-0.3, -0.25) is 9.78 Å². The molecule has 1 aliphatic rings. The number of hydrogen-bond acceptors (Lipinski definition) is 3. The summed E-state index contributed by atoms with van der Waals surface area (Å²) >= 11 is 12.0. The molecular weight excluding hydrogens is 395 g/mol. The molecule has 4 nitrogen and oxygen atoms in total. The highest BCUT2D eigenvalue weighted by Crippen LogP contribution is 2.34. The first-order chi connectivity index (χ1) is 13.6. The highest BCUT2D eigenvalue weighted by molar-refractivity contribution is 6.35. The number of anilines is 1. The van der Waals surface area contributed by atoms with Gasteiger partial charge in [0.1, 0.15) is 5.75 Å². The Bertz CT molecular complexity index is 1040. The van der Waals surface area contributed by atoms with Crippen LogP contribution in [0.5, 0.6) is 5.75 Å². The highest BCUT2D eigenvalue weighted by Gasteiger charge is 2.20. The van der Waals surface area contributed by atoms with Crippen molar-refractivity contribution < 1.29 is 9.53 Å². The molecule has 2 aromatic carbocycles. The maximum atomic E-state index is 12.5. The van der Waals surface area contributed by atoms with Crippen LogP contribution in [0.15, 0.2) is 42.5 Å². The largest absolute Gasteiger partial charge is 0.492 e. The van der Waals surface area contributed by atoms with Gasteiger partial charge in [-0.05, 0) is 55.5 Å². The van der Waals surface area contributed by atoms with Crippen LogP contribution in [0, 0.1) is 0 Å². The molecule has 1 aliphatic carbocycles. The second-order valence-electron chi connectivity index (χ2n) is 6.86. The Hall–Kier alpha value is -2.30. The molecule has 0 saturated heterocycles. The molecule has 1 aromatic heterocycles. The first kappa shape index (κ1) is 19.0. The van der Waals surface area contributed by atoms with Crippen molar-refractivity contribution in [3.8, 4) is 5.75 Å². The lowest BCUT2D eigenvalue weighted by molar-refractivity contribution is -0.116. The monoisotopic (exact) mass is 414 g/mol. The molecule has 1 heterocycles. The average Bonchev–Trinajstić information content (AvgIpc) is 3.15. The van der Waals surface area contributed by atoms with Crippen LogP contribution in [0.25, 0.3) is 10.9 Å². The SMILES string of the molecule is O=C(CCCOc1ccc(Cl)cc1Cl)Nc1c2c(nc3ccccc13)CCC2. The van der Waals surface area contributed by atoms with Gasteiger partial charge in [0.2, 0.25) is 5.91 Å². The number of amides is 1. The second-order valence-corrected chi connectivity index (χ2v) is 7.70. The van der Waals surface area contributed by atoms with E-state index in [1.54, 1.807) is 18.2 Å². The normalized spacial score (nSPS) is 12.8. The number of para-hydroxylation sites is 1. The zero-order valence-electron chi connectivity index (χ0n) is 15.3. The summed E-state index contributed by atoms with van der Waals surface area (Å²) in [6.45, 7) is 0.407. The fourth-order valence-corrected chi connectivity index (χ4v) is 4.03. The molecule has 0 spiro atoms. The van der Waals surface area contributed by atoms with Gasteiger partial charge in [-0.25, -0.2) is 0 Å². The summed E-state index contributed by atoms with van der Waals surface area (Å²) in [6.07, 6.45) is 3.98. The van der Waals surface area contributed by atoms with Crippen molar-refractivity contribution in [3.05, 3.63) is 63.8 Å². The first-order valence-electron chi connectivity index (χ1n) is 9.40. The maximum Gasteiger partial charge on any atom is 0.224 e. The molecule has 0 atom stereocenters. The van der Waals surface area contributed by atoms with E-state index >= 15 is 0 Å². The topological polar surface area (TPSA) is 51.2 Å². The van der Waals surface area contributed by atoms with E-state index in [2.05, 4.69) is 5.32 Å². The van der Waals surface area contributed by atoms with Crippen LogP contribution in [0.3, 0.4) is 0 Å². The lowest BCUT2D eigenvalue weighted by Gasteiger charge is -2.14. The van der Waals surface area contributed by atoms with Gasteiger partial charge < -0.3 is 10.1 Å². The van der Waals surface area contributed by atoms with Gasteiger partial charge in [0, 0.05) is 22.5 Å². The van der Waals surface area contributed by atoms with E-state index in [4.69, 9.17) is 32.9 Å². The fraction of sp³-hybridized carbons (Fsp3) is 0.273. The molecule has 28 heavy (non-hydrogen) atoms. The highest BCUT2D eigenvalue weighted by atomic mass is 35.5. The quantitative estimate of drug-likeness (QED) is 0.516. The van der Waals surface area contributed by atoms with E-state index in [9.17, 15) is 4.79 Å². The van der Waals surface area contributed by atoms with Crippen molar-refractivity contribution in [1.82, 2.24) is 4.98 Å². The molecule has 3 aromatic rings. The molecule has 144 valence electrons. The third-order valence-electron chi connectivity index (χ3n) is 4.88. The van der Waals surface area contributed by atoms with E-state index in [0.29, 0.717) is 35.2 Å². The molecular formula is C22H20Cl2N2O2. The minimum absolute atomic E-state index is 0.0174. The Morgan fingerprint density at radius 3 is 2.86 bits per heavy atom. The lowest BCUT2D eigenvalue weighted by Crippen LogP contribution is -2.15. The number of pyridine rings is 1. The van der Waals surface area contributed by atoms with Crippen molar-refractivity contribution in [2.45, 2.75) is 32.1 Å². The average molecular weight is 415 g/mol. The Morgan fingerprint density at radius 1 is 1.14 bits per heavy atom. The molecule has 0 aliphatic heterocycles. The molecule has 4 rings (SSSR count). The second kappa shape index (κ2) is 8.38. The molecule has 0 bridgehead atoms. The summed E-state index contributed by atoms with van der Waals surface area (Å²) in [7, 11) is 0. The van der Waals surface area contributed by atoms with Crippen LogP contribution < -0.4 is 10.1 Å². The summed E-state index contributed by atoms with van der Waals surface area (Å²) in [6, 6.07) is 13.1. The predicted molar refractivity (Wildman–Crippen MR) is 114 cm³/mol. The molecule has 0 fully saturated rings. The van der Waals surface area contributed by atoms with Gasteiger partial charge in [0.15, 0.2) is 0 Å². The number of nitrogens with one attached hydrogen (secondary N) is 1. The van der Waals surface area contributed by atoms with Crippen molar-refractivity contribution in [3.63, 3.8) is 0 Å². The summed E-state index contributed by atoms with van der Waals surface area (Å²) in [5.41, 5.74) is 4.13. The molecule has 1 N–H and O–H groups in total. The van der Waals surface area contributed by atoms with Crippen LogP contribution in [0.2, 0.25) is 10.0 Å². The smallest absolute Gasteiger partial charge is 0.224 e. The molecule has 0 saturated carbocycles. The predicted octanol–water partition coefficient (Wildman–Crippen LogP) is 5.83. The number of halogens is 2. The number of carbonyl (C=O) groups is 1. The van der Waals surface area contributed by atoms with Crippen LogP contribution >= 0.6 is 23.2 Å². The lowest BCUT2D eigenvalue weighted by atomic mass is 10.1. The maximum absolute atomic E-state index is 12.5. The zero-order valence-corrected chi connectivity index (χ0v) is 16.8.